The van der Waals surface area contributed by atoms with E-state index in [-0.39, 0.29) is 0 Å². The van der Waals surface area contributed by atoms with Gasteiger partial charge in [0.1, 0.15) is 0 Å². The number of benzene rings is 1. The van der Waals surface area contributed by atoms with Crippen molar-refractivity contribution in [1.82, 2.24) is 5.32 Å². The number of nitrogens with one attached hydrogen (secondary N) is 1. The molecule has 0 aliphatic heterocycles. The van der Waals surface area contributed by atoms with Gasteiger partial charge in [-0.15, -0.1) is 0 Å². The van der Waals surface area contributed by atoms with E-state index < -0.39 is 6.09 Å². The average molecular weight is 319 g/mol. The van der Waals surface area contributed by atoms with Crippen LogP contribution in [0.15, 0.2) is 30.3 Å². The molecule has 2 N–H and O–H groups in total. The molecule has 0 saturated heterocycles. The van der Waals surface area contributed by atoms with Crippen molar-refractivity contribution < 1.29 is 9.90 Å². The molecule has 0 fully saturated rings. The van der Waals surface area contributed by atoms with E-state index in [1.165, 1.54) is 69.8 Å². The molecule has 0 atom stereocenters. The highest BCUT2D eigenvalue weighted by atomic mass is 16.4. The van der Waals surface area contributed by atoms with E-state index in [0.717, 1.165) is 12.8 Å². The van der Waals surface area contributed by atoms with E-state index in [4.69, 9.17) is 5.11 Å². The summed E-state index contributed by atoms with van der Waals surface area (Å²) in [5.41, 5.74) is 1.46. The second kappa shape index (κ2) is 14.1. The summed E-state index contributed by atoms with van der Waals surface area (Å²) in [6, 6.07) is 10.8. The molecule has 1 amide bonds. The zero-order valence-corrected chi connectivity index (χ0v) is 14.4. The second-order valence-electron chi connectivity index (χ2n) is 6.36. The standard InChI is InChI=1S/C20H33NO2/c22-20(23)21-18-14-9-7-5-3-1-2-4-6-8-11-15-19-16-12-10-13-17-19/h10,12-13,16-17,21H,1-9,11,14-15,18H2,(H,22,23). The maximum absolute atomic E-state index is 10.3. The SMILES string of the molecule is O=C(O)NCCCCCCCCCCCCCc1ccccc1. The summed E-state index contributed by atoms with van der Waals surface area (Å²) in [5.74, 6) is 0. The summed E-state index contributed by atoms with van der Waals surface area (Å²) >= 11 is 0. The van der Waals surface area contributed by atoms with E-state index in [2.05, 4.69) is 35.6 Å². The number of amides is 1. The first-order chi connectivity index (χ1) is 11.3. The number of hydrogen-bond acceptors (Lipinski definition) is 1. The molecule has 130 valence electrons. The van der Waals surface area contributed by atoms with Crippen LogP contribution in [0.25, 0.3) is 0 Å². The molecule has 23 heavy (non-hydrogen) atoms. The van der Waals surface area contributed by atoms with Gasteiger partial charge in [0.25, 0.3) is 0 Å². The van der Waals surface area contributed by atoms with Crippen molar-refractivity contribution in [2.75, 3.05) is 6.54 Å². The number of hydrogen-bond donors (Lipinski definition) is 2. The van der Waals surface area contributed by atoms with Crippen LogP contribution >= 0.6 is 0 Å². The molecule has 1 aromatic carbocycles. The molecule has 0 aromatic heterocycles. The molecule has 0 heterocycles. The van der Waals surface area contributed by atoms with Crippen LogP contribution in [0, 0.1) is 0 Å². The number of rotatable bonds is 14. The fourth-order valence-electron chi connectivity index (χ4n) is 2.89. The van der Waals surface area contributed by atoms with E-state index in [0.29, 0.717) is 6.54 Å². The Kier molecular flexibility index (Phi) is 12.0. The second-order valence-corrected chi connectivity index (χ2v) is 6.36. The zero-order valence-electron chi connectivity index (χ0n) is 14.4. The van der Waals surface area contributed by atoms with Crippen LogP contribution in [0.4, 0.5) is 4.79 Å². The monoisotopic (exact) mass is 319 g/mol. The first-order valence-corrected chi connectivity index (χ1v) is 9.30. The third-order valence-corrected chi connectivity index (χ3v) is 4.26. The summed E-state index contributed by atoms with van der Waals surface area (Å²) in [4.78, 5) is 10.3. The quantitative estimate of drug-likeness (QED) is 0.426. The lowest BCUT2D eigenvalue weighted by Gasteiger charge is -2.04. The smallest absolute Gasteiger partial charge is 0.404 e. The Balaban J connectivity index is 1.74. The van der Waals surface area contributed by atoms with Crippen molar-refractivity contribution in [3.63, 3.8) is 0 Å². The van der Waals surface area contributed by atoms with Crippen LogP contribution in [-0.4, -0.2) is 17.7 Å². The molecule has 0 aliphatic carbocycles. The van der Waals surface area contributed by atoms with Crippen LogP contribution in [0.5, 0.6) is 0 Å². The van der Waals surface area contributed by atoms with Crippen LogP contribution in [0.3, 0.4) is 0 Å². The van der Waals surface area contributed by atoms with Crippen LogP contribution < -0.4 is 5.32 Å². The number of aryl methyl sites for hydroxylation is 1. The van der Waals surface area contributed by atoms with E-state index >= 15 is 0 Å². The summed E-state index contributed by atoms with van der Waals surface area (Å²) < 4.78 is 0. The molecule has 0 radical (unpaired) electrons. The predicted molar refractivity (Wildman–Crippen MR) is 97.0 cm³/mol. The molecular weight excluding hydrogens is 286 g/mol. The van der Waals surface area contributed by atoms with Gasteiger partial charge in [-0.1, -0.05) is 88.1 Å². The molecule has 0 unspecified atom stereocenters. The Morgan fingerprint density at radius 3 is 1.74 bits per heavy atom. The fourth-order valence-corrected chi connectivity index (χ4v) is 2.89. The Bertz CT molecular complexity index is 392. The normalized spacial score (nSPS) is 10.6. The molecule has 0 spiro atoms. The largest absolute Gasteiger partial charge is 0.465 e. The predicted octanol–water partition coefficient (Wildman–Crippen LogP) is 5.79. The highest BCUT2D eigenvalue weighted by Crippen LogP contribution is 2.12. The first-order valence-electron chi connectivity index (χ1n) is 9.30. The van der Waals surface area contributed by atoms with Gasteiger partial charge in [0.2, 0.25) is 0 Å². The average Bonchev–Trinajstić information content (AvgIpc) is 2.56. The van der Waals surface area contributed by atoms with Gasteiger partial charge >= 0.3 is 6.09 Å². The Labute approximate surface area is 141 Å². The van der Waals surface area contributed by atoms with Gasteiger partial charge in [-0.05, 0) is 24.8 Å². The van der Waals surface area contributed by atoms with E-state index in [1.807, 2.05) is 0 Å². The van der Waals surface area contributed by atoms with Gasteiger partial charge in [-0.3, -0.25) is 0 Å². The number of carbonyl (C=O) groups is 1. The van der Waals surface area contributed by atoms with Gasteiger partial charge in [-0.25, -0.2) is 4.79 Å². The third-order valence-electron chi connectivity index (χ3n) is 4.26. The molecule has 1 rings (SSSR count). The summed E-state index contributed by atoms with van der Waals surface area (Å²) in [5, 5.41) is 10.8. The van der Waals surface area contributed by atoms with Crippen molar-refractivity contribution in [2.45, 2.75) is 77.0 Å². The molecule has 0 bridgehead atoms. The van der Waals surface area contributed by atoms with Crippen molar-refractivity contribution in [3.8, 4) is 0 Å². The lowest BCUT2D eigenvalue weighted by Crippen LogP contribution is -2.21. The summed E-state index contributed by atoms with van der Waals surface area (Å²) in [7, 11) is 0. The summed E-state index contributed by atoms with van der Waals surface area (Å²) in [6.45, 7) is 0.596. The van der Waals surface area contributed by atoms with Crippen LogP contribution in [0.1, 0.15) is 76.2 Å². The van der Waals surface area contributed by atoms with Gasteiger partial charge in [0.15, 0.2) is 0 Å². The minimum absolute atomic E-state index is 0.596. The van der Waals surface area contributed by atoms with Crippen molar-refractivity contribution in [1.29, 1.82) is 0 Å². The lowest BCUT2D eigenvalue weighted by atomic mass is 10.0. The third kappa shape index (κ3) is 12.7. The lowest BCUT2D eigenvalue weighted by molar-refractivity contribution is 0.194. The van der Waals surface area contributed by atoms with Crippen molar-refractivity contribution in [3.05, 3.63) is 35.9 Å². The highest BCUT2D eigenvalue weighted by Gasteiger charge is 1.96. The maximum atomic E-state index is 10.3. The Hall–Kier alpha value is -1.51. The first kappa shape index (κ1) is 19.5. The topological polar surface area (TPSA) is 49.3 Å². The van der Waals surface area contributed by atoms with Crippen LogP contribution in [-0.2, 0) is 6.42 Å². The molecule has 0 saturated carbocycles. The number of carboxylic acid groups (broad SMARTS) is 1. The Morgan fingerprint density at radius 2 is 1.22 bits per heavy atom. The minimum Gasteiger partial charge on any atom is -0.465 e. The van der Waals surface area contributed by atoms with Gasteiger partial charge < -0.3 is 10.4 Å². The van der Waals surface area contributed by atoms with Crippen molar-refractivity contribution >= 4 is 6.09 Å². The van der Waals surface area contributed by atoms with Gasteiger partial charge in [-0.2, -0.15) is 0 Å². The highest BCUT2D eigenvalue weighted by molar-refractivity contribution is 5.64. The van der Waals surface area contributed by atoms with Gasteiger partial charge in [0.05, 0.1) is 0 Å². The van der Waals surface area contributed by atoms with E-state index in [9.17, 15) is 4.79 Å². The van der Waals surface area contributed by atoms with Crippen molar-refractivity contribution in [2.24, 2.45) is 0 Å². The summed E-state index contributed by atoms with van der Waals surface area (Å²) in [6.07, 6.45) is 14.4. The van der Waals surface area contributed by atoms with E-state index in [1.54, 1.807) is 0 Å². The zero-order chi connectivity index (χ0) is 16.6. The fraction of sp³-hybridized carbons (Fsp3) is 0.650. The Morgan fingerprint density at radius 1 is 0.739 bits per heavy atom. The molecule has 3 heteroatoms. The molecule has 1 aromatic rings. The van der Waals surface area contributed by atoms with Crippen LogP contribution in [0.2, 0.25) is 0 Å². The van der Waals surface area contributed by atoms with Gasteiger partial charge in [0, 0.05) is 6.54 Å². The molecule has 0 aliphatic rings. The number of unbranched alkanes of at least 4 members (excludes halogenated alkanes) is 10. The maximum Gasteiger partial charge on any atom is 0.404 e. The molecular formula is C20H33NO2. The minimum atomic E-state index is -0.909. The molecule has 3 nitrogen and oxygen atoms in total.